The summed E-state index contributed by atoms with van der Waals surface area (Å²) in [4.78, 5) is 3.91. The molecule has 0 aliphatic rings. The third kappa shape index (κ3) is 2.15. The highest BCUT2D eigenvalue weighted by atomic mass is 32.2. The molecule has 0 saturated carbocycles. The lowest BCUT2D eigenvalue weighted by Gasteiger charge is -2.01. The quantitative estimate of drug-likeness (QED) is 0.792. The molecule has 0 aliphatic heterocycles. The topological polar surface area (TPSA) is 80.9 Å². The lowest BCUT2D eigenvalue weighted by molar-refractivity contribution is 0.560. The lowest BCUT2D eigenvalue weighted by atomic mass is 10.2. The van der Waals surface area contributed by atoms with Gasteiger partial charge >= 0.3 is 0 Å². The Balaban J connectivity index is 2.37. The second kappa shape index (κ2) is 4.50. The van der Waals surface area contributed by atoms with E-state index >= 15 is 0 Å². The van der Waals surface area contributed by atoms with E-state index in [1.165, 1.54) is 0 Å². The summed E-state index contributed by atoms with van der Waals surface area (Å²) in [7, 11) is 1.76. The Labute approximate surface area is 94.6 Å². The first-order valence-electron chi connectivity index (χ1n) is 4.54. The van der Waals surface area contributed by atoms with Gasteiger partial charge in [0.15, 0.2) is 16.9 Å². The highest BCUT2D eigenvalue weighted by Gasteiger charge is 2.11. The summed E-state index contributed by atoms with van der Waals surface area (Å²) in [6.45, 7) is 0. The van der Waals surface area contributed by atoms with Gasteiger partial charge in [0.05, 0.1) is 0 Å². The zero-order chi connectivity index (χ0) is 11.5. The van der Waals surface area contributed by atoms with Crippen LogP contribution < -0.4 is 0 Å². The van der Waals surface area contributed by atoms with Crippen LogP contribution in [0, 0.1) is 0 Å². The molecule has 0 bridgehead atoms. The molecule has 6 nitrogen and oxygen atoms in total. The van der Waals surface area contributed by atoms with E-state index in [0.717, 1.165) is 5.56 Å². The van der Waals surface area contributed by atoms with E-state index in [2.05, 4.69) is 15.2 Å². The summed E-state index contributed by atoms with van der Waals surface area (Å²) in [6.07, 6.45) is 3.32. The van der Waals surface area contributed by atoms with Gasteiger partial charge < -0.3 is 9.12 Å². The highest BCUT2D eigenvalue weighted by Crippen LogP contribution is 2.16. The van der Waals surface area contributed by atoms with Crippen molar-refractivity contribution in [3.05, 3.63) is 30.4 Å². The van der Waals surface area contributed by atoms with Crippen LogP contribution in [0.25, 0.3) is 11.4 Å². The molecule has 2 aromatic heterocycles. The molecular weight excluding hydrogens is 228 g/mol. The fourth-order valence-corrected chi connectivity index (χ4v) is 1.82. The summed E-state index contributed by atoms with van der Waals surface area (Å²) in [5.41, 5.74) is 0.875. The molecule has 0 saturated heterocycles. The lowest BCUT2D eigenvalue weighted by Crippen LogP contribution is -2.03. The molecule has 2 heterocycles. The molecular formula is C9H10N4O2S. The molecule has 1 unspecified atom stereocenters. The Bertz CT molecular complexity index is 511. The number of pyridine rings is 1. The van der Waals surface area contributed by atoms with Crippen LogP contribution >= 0.6 is 0 Å². The van der Waals surface area contributed by atoms with Crippen LogP contribution in [-0.4, -0.2) is 28.5 Å². The van der Waals surface area contributed by atoms with Gasteiger partial charge in [-0.3, -0.25) is 4.98 Å². The van der Waals surface area contributed by atoms with Crippen LogP contribution in [0.15, 0.2) is 24.5 Å². The zero-order valence-electron chi connectivity index (χ0n) is 8.57. The van der Waals surface area contributed by atoms with E-state index in [9.17, 15) is 4.21 Å². The standard InChI is InChI=1S/C9H10N4O2S/c1-13-8(6-16(14)15)11-12-9(13)7-2-4-10-5-3-7/h2-5H,6H2,1H3,(H,14,15). The molecule has 0 spiro atoms. The molecule has 84 valence electrons. The van der Waals surface area contributed by atoms with Crippen molar-refractivity contribution in [1.29, 1.82) is 0 Å². The summed E-state index contributed by atoms with van der Waals surface area (Å²) < 4.78 is 21.2. The molecule has 0 fully saturated rings. The Morgan fingerprint density at radius 2 is 2.06 bits per heavy atom. The van der Waals surface area contributed by atoms with Gasteiger partial charge in [-0.05, 0) is 12.1 Å². The van der Waals surface area contributed by atoms with Crippen molar-refractivity contribution in [3.8, 4) is 11.4 Å². The van der Waals surface area contributed by atoms with Crippen LogP contribution in [-0.2, 0) is 23.9 Å². The van der Waals surface area contributed by atoms with Gasteiger partial charge in [0, 0.05) is 25.0 Å². The second-order valence-electron chi connectivity index (χ2n) is 3.20. The van der Waals surface area contributed by atoms with E-state index in [1.807, 2.05) is 12.1 Å². The van der Waals surface area contributed by atoms with Crippen molar-refractivity contribution in [2.75, 3.05) is 0 Å². The third-order valence-electron chi connectivity index (χ3n) is 2.16. The number of rotatable bonds is 3. The molecule has 0 aliphatic carbocycles. The zero-order valence-corrected chi connectivity index (χ0v) is 9.39. The summed E-state index contributed by atoms with van der Waals surface area (Å²) in [5.74, 6) is 1.12. The van der Waals surface area contributed by atoms with E-state index in [0.29, 0.717) is 11.6 Å². The highest BCUT2D eigenvalue weighted by molar-refractivity contribution is 7.78. The van der Waals surface area contributed by atoms with Crippen molar-refractivity contribution < 1.29 is 8.76 Å². The molecule has 7 heteroatoms. The maximum absolute atomic E-state index is 10.7. The molecule has 0 aromatic carbocycles. The first-order valence-corrected chi connectivity index (χ1v) is 5.82. The van der Waals surface area contributed by atoms with E-state index in [1.54, 1.807) is 24.0 Å². The molecule has 0 radical (unpaired) electrons. The first kappa shape index (κ1) is 10.9. The van der Waals surface area contributed by atoms with Crippen LogP contribution in [0.1, 0.15) is 5.82 Å². The Hall–Kier alpha value is -1.60. The van der Waals surface area contributed by atoms with Gasteiger partial charge in [-0.2, -0.15) is 0 Å². The number of hydrogen-bond donors (Lipinski definition) is 1. The van der Waals surface area contributed by atoms with Gasteiger partial charge in [0.25, 0.3) is 0 Å². The normalized spacial score (nSPS) is 12.6. The number of hydrogen-bond acceptors (Lipinski definition) is 4. The molecule has 2 rings (SSSR count). The average molecular weight is 238 g/mol. The fourth-order valence-electron chi connectivity index (χ4n) is 1.35. The van der Waals surface area contributed by atoms with Gasteiger partial charge in [0.1, 0.15) is 11.6 Å². The second-order valence-corrected chi connectivity index (χ2v) is 4.13. The van der Waals surface area contributed by atoms with Gasteiger partial charge in [-0.15, -0.1) is 10.2 Å². The fraction of sp³-hybridized carbons (Fsp3) is 0.222. The van der Waals surface area contributed by atoms with Crippen LogP contribution in [0.3, 0.4) is 0 Å². The van der Waals surface area contributed by atoms with Gasteiger partial charge in [0.2, 0.25) is 0 Å². The van der Waals surface area contributed by atoms with Crippen molar-refractivity contribution >= 4 is 11.1 Å². The first-order chi connectivity index (χ1) is 7.68. The van der Waals surface area contributed by atoms with Crippen LogP contribution in [0.2, 0.25) is 0 Å². The minimum atomic E-state index is -1.91. The van der Waals surface area contributed by atoms with E-state index in [-0.39, 0.29) is 5.75 Å². The maximum atomic E-state index is 10.7. The largest absolute Gasteiger partial charge is 0.313 e. The number of aromatic nitrogens is 4. The average Bonchev–Trinajstić information content (AvgIpc) is 2.61. The molecule has 16 heavy (non-hydrogen) atoms. The van der Waals surface area contributed by atoms with E-state index < -0.39 is 11.1 Å². The SMILES string of the molecule is Cn1c(CS(=O)O)nnc1-c1ccncc1. The Kier molecular flexibility index (Phi) is 3.07. The number of nitrogens with zero attached hydrogens (tertiary/aromatic N) is 4. The molecule has 1 atom stereocenters. The molecule has 0 amide bonds. The monoisotopic (exact) mass is 238 g/mol. The predicted octanol–water partition coefficient (Wildman–Crippen LogP) is 0.599. The van der Waals surface area contributed by atoms with Crippen LogP contribution in [0.5, 0.6) is 0 Å². The maximum Gasteiger partial charge on any atom is 0.163 e. The van der Waals surface area contributed by atoms with Crippen molar-refractivity contribution in [2.45, 2.75) is 5.75 Å². The van der Waals surface area contributed by atoms with Gasteiger partial charge in [-0.25, -0.2) is 4.21 Å². The van der Waals surface area contributed by atoms with Gasteiger partial charge in [-0.1, -0.05) is 0 Å². The van der Waals surface area contributed by atoms with Crippen molar-refractivity contribution in [1.82, 2.24) is 19.7 Å². The predicted molar refractivity (Wildman–Crippen MR) is 58.7 cm³/mol. The van der Waals surface area contributed by atoms with E-state index in [4.69, 9.17) is 4.55 Å². The smallest absolute Gasteiger partial charge is 0.163 e. The van der Waals surface area contributed by atoms with Crippen molar-refractivity contribution in [3.63, 3.8) is 0 Å². The molecule has 1 N–H and O–H groups in total. The Morgan fingerprint density at radius 1 is 1.38 bits per heavy atom. The Morgan fingerprint density at radius 3 is 2.69 bits per heavy atom. The van der Waals surface area contributed by atoms with Crippen molar-refractivity contribution in [2.24, 2.45) is 7.05 Å². The molecule has 2 aromatic rings. The minimum Gasteiger partial charge on any atom is -0.313 e. The minimum absolute atomic E-state index is 0.0193. The summed E-state index contributed by atoms with van der Waals surface area (Å²) in [5, 5.41) is 7.85. The van der Waals surface area contributed by atoms with Crippen LogP contribution in [0.4, 0.5) is 0 Å². The third-order valence-corrected chi connectivity index (χ3v) is 2.66. The summed E-state index contributed by atoms with van der Waals surface area (Å²) in [6, 6.07) is 3.62. The summed E-state index contributed by atoms with van der Waals surface area (Å²) >= 11 is -1.91.